The van der Waals surface area contributed by atoms with Gasteiger partial charge in [-0.2, -0.15) is 5.10 Å². The predicted octanol–water partition coefficient (Wildman–Crippen LogP) is 5.09. The van der Waals surface area contributed by atoms with Crippen LogP contribution in [0.5, 0.6) is 17.2 Å². The molecule has 0 saturated heterocycles. The third-order valence-electron chi connectivity index (χ3n) is 5.07. The summed E-state index contributed by atoms with van der Waals surface area (Å²) in [6.07, 6.45) is 0.463. The van der Waals surface area contributed by atoms with Crippen LogP contribution in [0.25, 0.3) is 0 Å². The summed E-state index contributed by atoms with van der Waals surface area (Å²) in [6.45, 7) is 2.38. The molecule has 142 valence electrons. The zero-order chi connectivity index (χ0) is 19.1. The van der Waals surface area contributed by atoms with Crippen molar-refractivity contribution < 1.29 is 14.6 Å². The minimum atomic E-state index is -0.378. The summed E-state index contributed by atoms with van der Waals surface area (Å²) >= 11 is 1.70. The van der Waals surface area contributed by atoms with Crippen molar-refractivity contribution in [2.75, 3.05) is 6.61 Å². The number of hydrogen-bond acceptors (Lipinski definition) is 6. The van der Waals surface area contributed by atoms with Gasteiger partial charge in [-0.1, -0.05) is 24.3 Å². The van der Waals surface area contributed by atoms with Gasteiger partial charge in [-0.3, -0.25) is 0 Å². The van der Waals surface area contributed by atoms with Crippen molar-refractivity contribution in [1.82, 2.24) is 5.01 Å². The highest BCUT2D eigenvalue weighted by atomic mass is 32.1. The van der Waals surface area contributed by atoms with Crippen molar-refractivity contribution in [3.63, 3.8) is 0 Å². The van der Waals surface area contributed by atoms with Gasteiger partial charge in [0.15, 0.2) is 11.5 Å². The summed E-state index contributed by atoms with van der Waals surface area (Å²) in [7, 11) is 0. The van der Waals surface area contributed by atoms with Gasteiger partial charge in [-0.05, 0) is 42.6 Å². The normalized spacial score (nSPS) is 20.2. The van der Waals surface area contributed by atoms with Crippen molar-refractivity contribution in [1.29, 1.82) is 0 Å². The molecule has 28 heavy (non-hydrogen) atoms. The average Bonchev–Trinajstić information content (AvgIpc) is 3.39. The Morgan fingerprint density at radius 3 is 2.93 bits per heavy atom. The highest BCUT2D eigenvalue weighted by Crippen LogP contribution is 2.48. The number of phenolic OH excluding ortho intramolecular Hbond substituents is 1. The molecule has 6 heteroatoms. The van der Waals surface area contributed by atoms with Gasteiger partial charge in [-0.15, -0.1) is 11.3 Å². The van der Waals surface area contributed by atoms with E-state index in [0.29, 0.717) is 12.4 Å². The van der Waals surface area contributed by atoms with Crippen LogP contribution >= 0.6 is 11.3 Å². The Kier molecular flexibility index (Phi) is 4.20. The average molecular weight is 392 g/mol. The molecule has 0 amide bonds. The Labute approximate surface area is 167 Å². The first-order chi connectivity index (χ1) is 13.7. The Morgan fingerprint density at radius 2 is 2.11 bits per heavy atom. The SMILES string of the molecule is CCOc1cc([C@H]2Oc3ccccc3[C@H]3CC(c4cccs4)=NN32)ccc1O. The molecule has 0 fully saturated rings. The summed E-state index contributed by atoms with van der Waals surface area (Å²) in [6, 6.07) is 17.8. The van der Waals surface area contributed by atoms with Crippen molar-refractivity contribution in [3.8, 4) is 17.2 Å². The number of phenols is 1. The third kappa shape index (κ3) is 2.81. The van der Waals surface area contributed by atoms with Crippen LogP contribution in [-0.4, -0.2) is 22.4 Å². The van der Waals surface area contributed by atoms with Gasteiger partial charge < -0.3 is 14.6 Å². The van der Waals surface area contributed by atoms with Crippen LogP contribution < -0.4 is 9.47 Å². The monoisotopic (exact) mass is 392 g/mol. The summed E-state index contributed by atoms with van der Waals surface area (Å²) in [5, 5.41) is 19.1. The molecule has 0 bridgehead atoms. The van der Waals surface area contributed by atoms with Gasteiger partial charge in [0.25, 0.3) is 0 Å². The van der Waals surface area contributed by atoms with Crippen molar-refractivity contribution in [3.05, 3.63) is 76.0 Å². The lowest BCUT2D eigenvalue weighted by Crippen LogP contribution is -2.33. The lowest BCUT2D eigenvalue weighted by Gasteiger charge is -2.38. The van der Waals surface area contributed by atoms with E-state index >= 15 is 0 Å². The molecule has 0 spiro atoms. The van der Waals surface area contributed by atoms with Crippen molar-refractivity contribution >= 4 is 17.0 Å². The minimum absolute atomic E-state index is 0.122. The van der Waals surface area contributed by atoms with E-state index in [0.717, 1.165) is 29.0 Å². The molecular formula is C22H20N2O3S. The number of hydrazone groups is 1. The lowest BCUT2D eigenvalue weighted by atomic mass is 9.97. The Balaban J connectivity index is 1.59. The maximum absolute atomic E-state index is 10.1. The van der Waals surface area contributed by atoms with Gasteiger partial charge in [0.2, 0.25) is 6.23 Å². The fraction of sp³-hybridized carbons (Fsp3) is 0.227. The first kappa shape index (κ1) is 17.1. The van der Waals surface area contributed by atoms with Crippen LogP contribution in [-0.2, 0) is 0 Å². The maximum atomic E-state index is 10.1. The molecule has 0 radical (unpaired) electrons. The first-order valence-electron chi connectivity index (χ1n) is 9.35. The van der Waals surface area contributed by atoms with E-state index in [4.69, 9.17) is 14.6 Å². The van der Waals surface area contributed by atoms with E-state index in [1.54, 1.807) is 17.4 Å². The quantitative estimate of drug-likeness (QED) is 0.672. The van der Waals surface area contributed by atoms with Crippen LogP contribution in [0, 0.1) is 0 Å². The second-order valence-corrected chi connectivity index (χ2v) is 7.74. The van der Waals surface area contributed by atoms with E-state index in [2.05, 4.69) is 23.6 Å². The highest BCUT2D eigenvalue weighted by Gasteiger charge is 2.41. The standard InChI is InChI=1S/C22H20N2O3S/c1-2-26-20-12-14(9-10-18(20)25)22-24-17(15-6-3-4-7-19(15)27-22)13-16(23-24)21-8-5-11-28-21/h3-12,17,22,25H,2,13H2,1H3/t17-,22-/m1/s1. The number of aromatic hydroxyl groups is 1. The molecule has 1 aromatic heterocycles. The van der Waals surface area contributed by atoms with E-state index in [9.17, 15) is 5.11 Å². The fourth-order valence-corrected chi connectivity index (χ4v) is 4.52. The maximum Gasteiger partial charge on any atom is 0.214 e. The fourth-order valence-electron chi connectivity index (χ4n) is 3.80. The molecule has 2 aliphatic rings. The van der Waals surface area contributed by atoms with Crippen LogP contribution in [0.2, 0.25) is 0 Å². The topological polar surface area (TPSA) is 54.3 Å². The Bertz CT molecular complexity index is 1030. The van der Waals surface area contributed by atoms with Crippen LogP contribution in [0.1, 0.15) is 41.6 Å². The number of rotatable bonds is 4. The number of thiophene rings is 1. The lowest BCUT2D eigenvalue weighted by molar-refractivity contribution is -0.0191. The van der Waals surface area contributed by atoms with E-state index in [1.165, 1.54) is 4.88 Å². The Hall–Kier alpha value is -2.99. The van der Waals surface area contributed by atoms with E-state index in [1.807, 2.05) is 42.3 Å². The molecule has 0 unspecified atom stereocenters. The number of ether oxygens (including phenoxy) is 2. The van der Waals surface area contributed by atoms with Crippen molar-refractivity contribution in [2.24, 2.45) is 5.10 Å². The third-order valence-corrected chi connectivity index (χ3v) is 5.99. The van der Waals surface area contributed by atoms with Crippen LogP contribution in [0.3, 0.4) is 0 Å². The molecule has 0 aliphatic carbocycles. The smallest absolute Gasteiger partial charge is 0.214 e. The number of benzene rings is 2. The van der Waals surface area contributed by atoms with Crippen LogP contribution in [0.4, 0.5) is 0 Å². The zero-order valence-electron chi connectivity index (χ0n) is 15.4. The number of nitrogens with zero attached hydrogens (tertiary/aromatic N) is 2. The summed E-state index contributed by atoms with van der Waals surface area (Å²) < 4.78 is 11.9. The van der Waals surface area contributed by atoms with Gasteiger partial charge in [0, 0.05) is 17.5 Å². The zero-order valence-corrected chi connectivity index (χ0v) is 16.2. The Morgan fingerprint density at radius 1 is 1.21 bits per heavy atom. The number of hydrogen-bond donors (Lipinski definition) is 1. The molecule has 2 atom stereocenters. The summed E-state index contributed by atoms with van der Waals surface area (Å²) in [4.78, 5) is 1.19. The second-order valence-electron chi connectivity index (χ2n) is 6.79. The summed E-state index contributed by atoms with van der Waals surface area (Å²) in [5.74, 6) is 1.46. The molecule has 2 aliphatic heterocycles. The van der Waals surface area contributed by atoms with Gasteiger partial charge in [-0.25, -0.2) is 5.01 Å². The molecule has 3 aromatic rings. The molecule has 3 heterocycles. The van der Waals surface area contributed by atoms with Gasteiger partial charge in [0.1, 0.15) is 5.75 Å². The molecule has 1 N–H and O–H groups in total. The first-order valence-corrected chi connectivity index (χ1v) is 10.2. The second kappa shape index (κ2) is 6.87. The summed E-state index contributed by atoms with van der Waals surface area (Å²) in [5.41, 5.74) is 3.13. The molecule has 5 nitrogen and oxygen atoms in total. The molecule has 0 saturated carbocycles. The van der Waals surface area contributed by atoms with Gasteiger partial charge in [0.05, 0.1) is 23.2 Å². The van der Waals surface area contributed by atoms with Crippen molar-refractivity contribution in [2.45, 2.75) is 25.6 Å². The highest BCUT2D eigenvalue weighted by molar-refractivity contribution is 7.12. The van der Waals surface area contributed by atoms with E-state index in [-0.39, 0.29) is 18.0 Å². The molecular weight excluding hydrogens is 372 g/mol. The largest absolute Gasteiger partial charge is 0.504 e. The molecule has 2 aromatic carbocycles. The predicted molar refractivity (Wildman–Crippen MR) is 109 cm³/mol. The molecule has 5 rings (SSSR count). The van der Waals surface area contributed by atoms with Crippen LogP contribution in [0.15, 0.2) is 65.1 Å². The number of para-hydroxylation sites is 1. The van der Waals surface area contributed by atoms with E-state index < -0.39 is 0 Å². The van der Waals surface area contributed by atoms with Gasteiger partial charge >= 0.3 is 0 Å². The minimum Gasteiger partial charge on any atom is -0.504 e. The number of fused-ring (bicyclic) bond motifs is 3.